The first-order chi connectivity index (χ1) is 9.35. The minimum Gasteiger partial charge on any atom is -0.472 e. The molecule has 0 spiro atoms. The minimum atomic E-state index is 0.253. The van der Waals surface area contributed by atoms with E-state index in [0.717, 1.165) is 31.5 Å². The van der Waals surface area contributed by atoms with E-state index >= 15 is 0 Å². The van der Waals surface area contributed by atoms with Crippen molar-refractivity contribution in [3.05, 3.63) is 24.4 Å². The highest BCUT2D eigenvalue weighted by Gasteiger charge is 2.21. The highest BCUT2D eigenvalue weighted by Crippen LogP contribution is 2.20. The Hall–Kier alpha value is -1.66. The molecule has 1 N–H and O–H groups in total. The van der Waals surface area contributed by atoms with Crippen molar-refractivity contribution in [2.24, 2.45) is 5.92 Å². The summed E-state index contributed by atoms with van der Waals surface area (Å²) in [6.07, 6.45) is 5.37. The lowest BCUT2D eigenvalue weighted by Crippen LogP contribution is -2.36. The third-order valence-electron chi connectivity index (χ3n) is 3.46. The molecule has 1 unspecified atom stereocenters. The van der Waals surface area contributed by atoms with Crippen LogP contribution in [-0.2, 0) is 6.54 Å². The van der Waals surface area contributed by atoms with Gasteiger partial charge < -0.3 is 14.0 Å². The number of aliphatic hydroxyl groups is 1. The van der Waals surface area contributed by atoms with Gasteiger partial charge in [0.15, 0.2) is 5.82 Å². The molecule has 0 aliphatic carbocycles. The van der Waals surface area contributed by atoms with E-state index in [2.05, 4.69) is 15.0 Å². The third kappa shape index (κ3) is 2.85. The second-order valence-electron chi connectivity index (χ2n) is 4.95. The van der Waals surface area contributed by atoms with Gasteiger partial charge in [-0.1, -0.05) is 5.16 Å². The molecule has 1 fully saturated rings. The van der Waals surface area contributed by atoms with E-state index in [1.54, 1.807) is 18.6 Å². The van der Waals surface area contributed by atoms with E-state index in [9.17, 15) is 5.11 Å². The molecule has 0 radical (unpaired) electrons. The largest absolute Gasteiger partial charge is 0.472 e. The first-order valence-electron chi connectivity index (χ1n) is 6.53. The number of aliphatic hydroxyl groups excluding tert-OH is 1. The van der Waals surface area contributed by atoms with Crippen LogP contribution in [0, 0.1) is 5.92 Å². The molecule has 1 aliphatic heterocycles. The van der Waals surface area contributed by atoms with Crippen molar-refractivity contribution in [1.29, 1.82) is 0 Å². The van der Waals surface area contributed by atoms with Crippen LogP contribution in [0.2, 0.25) is 0 Å². The van der Waals surface area contributed by atoms with E-state index in [1.807, 2.05) is 0 Å². The fourth-order valence-corrected chi connectivity index (χ4v) is 2.47. The van der Waals surface area contributed by atoms with Gasteiger partial charge >= 0.3 is 0 Å². The van der Waals surface area contributed by atoms with Crippen LogP contribution in [0.5, 0.6) is 0 Å². The van der Waals surface area contributed by atoms with Crippen molar-refractivity contribution in [2.45, 2.75) is 19.4 Å². The predicted octanol–water partition coefficient (Wildman–Crippen LogP) is 1.53. The van der Waals surface area contributed by atoms with E-state index in [-0.39, 0.29) is 6.61 Å². The number of rotatable bonds is 4. The molecule has 0 saturated carbocycles. The van der Waals surface area contributed by atoms with Gasteiger partial charge in [-0.2, -0.15) is 4.98 Å². The molecule has 19 heavy (non-hydrogen) atoms. The summed E-state index contributed by atoms with van der Waals surface area (Å²) in [4.78, 5) is 6.61. The second-order valence-corrected chi connectivity index (χ2v) is 4.95. The summed E-state index contributed by atoms with van der Waals surface area (Å²) >= 11 is 0. The molecular weight excluding hydrogens is 246 g/mol. The summed E-state index contributed by atoms with van der Waals surface area (Å²) in [5.74, 6) is 1.53. The summed E-state index contributed by atoms with van der Waals surface area (Å²) in [5, 5.41) is 13.2. The molecule has 2 aromatic heterocycles. The lowest BCUT2D eigenvalue weighted by molar-refractivity contribution is 0.113. The number of nitrogens with zero attached hydrogens (tertiary/aromatic N) is 3. The van der Waals surface area contributed by atoms with Crippen LogP contribution < -0.4 is 0 Å². The maximum absolute atomic E-state index is 9.22. The lowest BCUT2D eigenvalue weighted by atomic mass is 9.99. The van der Waals surface area contributed by atoms with E-state index in [4.69, 9.17) is 8.94 Å². The van der Waals surface area contributed by atoms with Crippen LogP contribution in [0.25, 0.3) is 11.5 Å². The zero-order valence-corrected chi connectivity index (χ0v) is 10.7. The quantitative estimate of drug-likeness (QED) is 0.901. The summed E-state index contributed by atoms with van der Waals surface area (Å²) in [5.41, 5.74) is 0.797. The third-order valence-corrected chi connectivity index (χ3v) is 3.46. The van der Waals surface area contributed by atoms with Crippen LogP contribution in [0.15, 0.2) is 27.5 Å². The zero-order chi connectivity index (χ0) is 13.1. The highest BCUT2D eigenvalue weighted by atomic mass is 16.5. The minimum absolute atomic E-state index is 0.253. The van der Waals surface area contributed by atoms with Crippen molar-refractivity contribution in [3.8, 4) is 11.5 Å². The van der Waals surface area contributed by atoms with Gasteiger partial charge in [-0.3, -0.25) is 4.90 Å². The van der Waals surface area contributed by atoms with Crippen molar-refractivity contribution < 1.29 is 14.0 Å². The fraction of sp³-hybridized carbons (Fsp3) is 0.538. The topological polar surface area (TPSA) is 75.5 Å². The Labute approximate surface area is 111 Å². The second kappa shape index (κ2) is 5.54. The zero-order valence-electron chi connectivity index (χ0n) is 10.7. The molecule has 0 bridgehead atoms. The van der Waals surface area contributed by atoms with E-state index in [0.29, 0.717) is 24.2 Å². The van der Waals surface area contributed by atoms with Crippen LogP contribution in [0.1, 0.15) is 18.7 Å². The number of piperidine rings is 1. The Bertz CT molecular complexity index is 509. The van der Waals surface area contributed by atoms with Gasteiger partial charge in [0.2, 0.25) is 0 Å². The van der Waals surface area contributed by atoms with Gasteiger partial charge in [0.05, 0.1) is 18.4 Å². The number of furan rings is 1. The summed E-state index contributed by atoms with van der Waals surface area (Å²) < 4.78 is 10.2. The van der Waals surface area contributed by atoms with Gasteiger partial charge in [-0.05, 0) is 31.4 Å². The predicted molar refractivity (Wildman–Crippen MR) is 67.1 cm³/mol. The van der Waals surface area contributed by atoms with Gasteiger partial charge in [-0.15, -0.1) is 0 Å². The molecule has 2 aromatic rings. The normalized spacial score (nSPS) is 20.8. The lowest BCUT2D eigenvalue weighted by Gasteiger charge is -2.30. The molecule has 6 nitrogen and oxygen atoms in total. The van der Waals surface area contributed by atoms with Gasteiger partial charge in [-0.25, -0.2) is 0 Å². The standard InChI is InChI=1S/C13H17N3O3/c17-8-10-2-1-4-16(6-10)7-12-14-13(19-15-12)11-3-5-18-9-11/h3,5,9-10,17H,1-2,4,6-8H2. The smallest absolute Gasteiger partial charge is 0.261 e. The van der Waals surface area contributed by atoms with Crippen LogP contribution in [0.4, 0.5) is 0 Å². The number of likely N-dealkylation sites (tertiary alicyclic amines) is 1. The van der Waals surface area contributed by atoms with Gasteiger partial charge in [0.25, 0.3) is 5.89 Å². The summed E-state index contributed by atoms with van der Waals surface area (Å²) in [6.45, 7) is 2.83. The molecule has 102 valence electrons. The highest BCUT2D eigenvalue weighted by molar-refractivity contribution is 5.49. The molecule has 3 heterocycles. The molecule has 3 rings (SSSR count). The van der Waals surface area contributed by atoms with Crippen LogP contribution >= 0.6 is 0 Å². The van der Waals surface area contributed by atoms with Gasteiger partial charge in [0, 0.05) is 13.2 Å². The Kier molecular flexibility index (Phi) is 3.61. The number of aromatic nitrogens is 2. The molecular formula is C13H17N3O3. The van der Waals surface area contributed by atoms with Gasteiger partial charge in [0.1, 0.15) is 6.26 Å². The Balaban J connectivity index is 1.64. The molecule has 1 aliphatic rings. The van der Waals surface area contributed by atoms with Crippen molar-refractivity contribution in [3.63, 3.8) is 0 Å². The first-order valence-corrected chi connectivity index (χ1v) is 6.53. The number of hydrogen-bond acceptors (Lipinski definition) is 6. The molecule has 0 aromatic carbocycles. The monoisotopic (exact) mass is 263 g/mol. The van der Waals surface area contributed by atoms with Crippen LogP contribution in [0.3, 0.4) is 0 Å². The Morgan fingerprint density at radius 2 is 2.42 bits per heavy atom. The van der Waals surface area contributed by atoms with Crippen LogP contribution in [-0.4, -0.2) is 39.8 Å². The Morgan fingerprint density at radius 1 is 1.47 bits per heavy atom. The van der Waals surface area contributed by atoms with E-state index < -0.39 is 0 Å². The van der Waals surface area contributed by atoms with E-state index in [1.165, 1.54) is 0 Å². The maximum Gasteiger partial charge on any atom is 0.261 e. The molecule has 1 atom stereocenters. The van der Waals surface area contributed by atoms with Crippen molar-refractivity contribution in [2.75, 3.05) is 19.7 Å². The average Bonchev–Trinajstić information content (AvgIpc) is 3.09. The summed E-state index contributed by atoms with van der Waals surface area (Å²) in [7, 11) is 0. The molecule has 6 heteroatoms. The maximum atomic E-state index is 9.22. The molecule has 1 saturated heterocycles. The average molecular weight is 263 g/mol. The Morgan fingerprint density at radius 3 is 3.21 bits per heavy atom. The number of hydrogen-bond donors (Lipinski definition) is 1. The SMILES string of the molecule is OCC1CCCN(Cc2noc(-c3ccoc3)n2)C1. The first kappa shape index (κ1) is 12.4. The fourth-order valence-electron chi connectivity index (χ4n) is 2.47. The van der Waals surface area contributed by atoms with Crippen molar-refractivity contribution in [1.82, 2.24) is 15.0 Å². The molecule has 0 amide bonds. The summed E-state index contributed by atoms with van der Waals surface area (Å²) in [6, 6.07) is 1.79. The van der Waals surface area contributed by atoms with Crippen molar-refractivity contribution >= 4 is 0 Å².